The summed E-state index contributed by atoms with van der Waals surface area (Å²) in [6, 6.07) is 2.99. The third-order valence-electron chi connectivity index (χ3n) is 7.58. The highest BCUT2D eigenvalue weighted by Crippen LogP contribution is 2.59. The average Bonchev–Trinajstić information content (AvgIpc) is 3.46. The van der Waals surface area contributed by atoms with E-state index in [1.165, 1.54) is 23.7 Å². The minimum atomic E-state index is -2.82. The lowest BCUT2D eigenvalue weighted by atomic mass is 10.1. The normalized spacial score (nSPS) is 26.3. The van der Waals surface area contributed by atoms with E-state index in [0.717, 1.165) is 18.6 Å². The Balaban J connectivity index is 1.14. The molecule has 2 aliphatic carbocycles. The first kappa shape index (κ1) is 22.2. The van der Waals surface area contributed by atoms with Gasteiger partial charge in [-0.1, -0.05) is 6.07 Å². The van der Waals surface area contributed by atoms with E-state index in [2.05, 4.69) is 27.2 Å². The van der Waals surface area contributed by atoms with Gasteiger partial charge >= 0.3 is 0 Å². The van der Waals surface area contributed by atoms with Crippen molar-refractivity contribution in [3.8, 4) is 0 Å². The Hall–Kier alpha value is -3.24. The number of alkyl halides is 4. The van der Waals surface area contributed by atoms with Crippen LogP contribution in [0.25, 0.3) is 0 Å². The molecular formula is C24H24F4N6O. The molecule has 4 aliphatic rings. The molecule has 0 bridgehead atoms. The molecule has 184 valence electrons. The Bertz CT molecular complexity index is 1250. The molecule has 11 heteroatoms. The highest BCUT2D eigenvalue weighted by molar-refractivity contribution is 6.10. The number of pyridine rings is 1. The number of amides is 1. The first-order chi connectivity index (χ1) is 16.7. The molecule has 6 rings (SSSR count). The summed E-state index contributed by atoms with van der Waals surface area (Å²) in [5, 5.41) is 2.97. The highest BCUT2D eigenvalue weighted by Gasteiger charge is 2.71. The van der Waals surface area contributed by atoms with Gasteiger partial charge in [-0.2, -0.15) is 0 Å². The van der Waals surface area contributed by atoms with Gasteiger partial charge in [0.1, 0.15) is 17.2 Å². The van der Waals surface area contributed by atoms with Crippen LogP contribution in [0, 0.1) is 11.8 Å². The number of nitrogens with zero attached hydrogens (tertiary/aromatic N) is 5. The number of rotatable bonds is 6. The summed E-state index contributed by atoms with van der Waals surface area (Å²) in [5.41, 5.74) is 3.50. The fourth-order valence-electron chi connectivity index (χ4n) is 5.52. The van der Waals surface area contributed by atoms with Crippen molar-refractivity contribution in [1.29, 1.82) is 0 Å². The summed E-state index contributed by atoms with van der Waals surface area (Å²) in [4.78, 5) is 27.1. The maximum absolute atomic E-state index is 13.8. The SMILES string of the molecule is CC1=C2CC[C@@H](NC(=O)c3cn(Cc4ccc(N5CC6C(C5)C6(F)F)nc4C(F)F)cn3)C2=NC1. The maximum Gasteiger partial charge on any atom is 0.280 e. The van der Waals surface area contributed by atoms with Gasteiger partial charge in [-0.25, -0.2) is 27.5 Å². The Morgan fingerprint density at radius 1 is 1.26 bits per heavy atom. The number of fused-ring (bicyclic) bond motifs is 2. The number of aromatic nitrogens is 3. The maximum atomic E-state index is 13.8. The summed E-state index contributed by atoms with van der Waals surface area (Å²) in [7, 11) is 0. The fourth-order valence-corrected chi connectivity index (χ4v) is 5.52. The van der Waals surface area contributed by atoms with Crippen molar-refractivity contribution in [3.63, 3.8) is 0 Å². The minimum absolute atomic E-state index is 0.0543. The zero-order chi connectivity index (χ0) is 24.5. The van der Waals surface area contributed by atoms with E-state index in [0.29, 0.717) is 6.54 Å². The van der Waals surface area contributed by atoms with Gasteiger partial charge in [-0.3, -0.25) is 9.79 Å². The third kappa shape index (κ3) is 3.71. The van der Waals surface area contributed by atoms with Crippen LogP contribution in [-0.2, 0) is 6.54 Å². The number of piperidine rings is 1. The van der Waals surface area contributed by atoms with Crippen molar-refractivity contribution in [2.24, 2.45) is 16.8 Å². The van der Waals surface area contributed by atoms with Crippen LogP contribution >= 0.6 is 0 Å². The fraction of sp³-hybridized carbons (Fsp3) is 0.500. The molecule has 2 aromatic rings. The van der Waals surface area contributed by atoms with Gasteiger partial charge in [-0.05, 0) is 42.5 Å². The lowest BCUT2D eigenvalue weighted by Crippen LogP contribution is -2.37. The smallest absolute Gasteiger partial charge is 0.280 e. The Kier molecular flexibility index (Phi) is 5.01. The van der Waals surface area contributed by atoms with Crippen molar-refractivity contribution in [3.05, 3.63) is 52.8 Å². The Labute approximate surface area is 199 Å². The van der Waals surface area contributed by atoms with Crippen LogP contribution < -0.4 is 10.2 Å². The lowest BCUT2D eigenvalue weighted by molar-refractivity contribution is 0.0796. The van der Waals surface area contributed by atoms with Gasteiger partial charge in [0.05, 0.1) is 43.0 Å². The predicted molar refractivity (Wildman–Crippen MR) is 120 cm³/mol. The topological polar surface area (TPSA) is 75.4 Å². The molecule has 0 aromatic carbocycles. The number of aliphatic imine (C=N–C) groups is 1. The molecule has 3 atom stereocenters. The first-order valence-corrected chi connectivity index (χ1v) is 11.7. The number of anilines is 1. The zero-order valence-electron chi connectivity index (χ0n) is 19.0. The van der Waals surface area contributed by atoms with Crippen LogP contribution in [0.1, 0.15) is 47.9 Å². The van der Waals surface area contributed by atoms with Crippen LogP contribution in [0.3, 0.4) is 0 Å². The molecule has 1 saturated heterocycles. The number of carbonyl (C=O) groups is 1. The molecule has 2 aliphatic heterocycles. The number of carbonyl (C=O) groups excluding carboxylic acids is 1. The van der Waals surface area contributed by atoms with Crippen LogP contribution in [0.2, 0.25) is 0 Å². The molecule has 0 radical (unpaired) electrons. The monoisotopic (exact) mass is 488 g/mol. The average molecular weight is 488 g/mol. The van der Waals surface area contributed by atoms with E-state index >= 15 is 0 Å². The summed E-state index contributed by atoms with van der Waals surface area (Å²) in [5.74, 6) is -4.13. The van der Waals surface area contributed by atoms with Crippen molar-refractivity contribution >= 4 is 17.4 Å². The van der Waals surface area contributed by atoms with Crippen LogP contribution in [0.5, 0.6) is 0 Å². The molecule has 2 unspecified atom stereocenters. The van der Waals surface area contributed by atoms with Gasteiger partial charge in [-0.15, -0.1) is 0 Å². The molecule has 35 heavy (non-hydrogen) atoms. The second kappa shape index (κ2) is 7.89. The Morgan fingerprint density at radius 2 is 2.03 bits per heavy atom. The quantitative estimate of drug-likeness (QED) is 0.631. The molecule has 1 N–H and O–H groups in total. The van der Waals surface area contributed by atoms with Crippen LogP contribution in [-0.4, -0.2) is 57.8 Å². The van der Waals surface area contributed by atoms with Gasteiger partial charge in [0.25, 0.3) is 18.3 Å². The molecular weight excluding hydrogens is 464 g/mol. The van der Waals surface area contributed by atoms with Gasteiger partial charge in [0, 0.05) is 19.3 Å². The molecule has 4 heterocycles. The number of nitrogens with one attached hydrogen (secondary N) is 1. The second-order valence-corrected chi connectivity index (χ2v) is 9.76. The van der Waals surface area contributed by atoms with E-state index in [-0.39, 0.29) is 48.7 Å². The number of imidazole rings is 1. The standard InChI is InChI=1S/C24H24F4N6O/c1-12-6-29-21-14(12)3-4-17(21)31-23(35)18-10-33(11-30-18)7-13-2-5-19(32-20(13)22(25)26)34-8-15-16(9-34)24(15,27)28/h2,5,10-11,15-17,22H,3-4,6-9H2,1H3,(H,31,35)/t15?,16?,17-/m1/s1. The molecule has 7 nitrogen and oxygen atoms in total. The summed E-state index contributed by atoms with van der Waals surface area (Å²) < 4.78 is 56.1. The molecule has 2 aromatic heterocycles. The second-order valence-electron chi connectivity index (χ2n) is 9.76. The summed E-state index contributed by atoms with van der Waals surface area (Å²) in [6.07, 6.45) is 1.80. The van der Waals surface area contributed by atoms with E-state index in [9.17, 15) is 22.4 Å². The number of hydrogen-bond donors (Lipinski definition) is 1. The van der Waals surface area contributed by atoms with Crippen molar-refractivity contribution in [1.82, 2.24) is 19.9 Å². The zero-order valence-corrected chi connectivity index (χ0v) is 19.0. The summed E-state index contributed by atoms with van der Waals surface area (Å²) in [6.45, 7) is 3.03. The largest absolute Gasteiger partial charge is 0.356 e. The minimum Gasteiger partial charge on any atom is -0.356 e. The van der Waals surface area contributed by atoms with Gasteiger partial charge < -0.3 is 14.8 Å². The van der Waals surface area contributed by atoms with Crippen molar-refractivity contribution in [2.75, 3.05) is 24.5 Å². The van der Waals surface area contributed by atoms with E-state index < -0.39 is 29.9 Å². The third-order valence-corrected chi connectivity index (χ3v) is 7.58. The molecule has 0 spiro atoms. The molecule has 3 fully saturated rings. The van der Waals surface area contributed by atoms with E-state index in [1.807, 2.05) is 0 Å². The van der Waals surface area contributed by atoms with Gasteiger partial charge in [0.2, 0.25) is 0 Å². The molecule has 2 saturated carbocycles. The summed E-state index contributed by atoms with van der Waals surface area (Å²) >= 11 is 0. The Morgan fingerprint density at radius 3 is 2.77 bits per heavy atom. The number of hydrogen-bond acceptors (Lipinski definition) is 5. The van der Waals surface area contributed by atoms with Gasteiger partial charge in [0.15, 0.2) is 0 Å². The van der Waals surface area contributed by atoms with E-state index in [1.54, 1.807) is 21.6 Å². The van der Waals surface area contributed by atoms with Crippen molar-refractivity contribution in [2.45, 2.75) is 44.7 Å². The highest BCUT2D eigenvalue weighted by atomic mass is 19.3. The van der Waals surface area contributed by atoms with Crippen molar-refractivity contribution < 1.29 is 22.4 Å². The van der Waals surface area contributed by atoms with Crippen LogP contribution in [0.15, 0.2) is 40.8 Å². The first-order valence-electron chi connectivity index (χ1n) is 11.7. The lowest BCUT2D eigenvalue weighted by Gasteiger charge is -2.22. The van der Waals surface area contributed by atoms with Crippen LogP contribution in [0.4, 0.5) is 23.4 Å². The van der Waals surface area contributed by atoms with E-state index in [4.69, 9.17) is 0 Å². The molecule has 1 amide bonds. The predicted octanol–water partition coefficient (Wildman–Crippen LogP) is 3.63. The number of halogens is 4.